The van der Waals surface area contributed by atoms with Gasteiger partial charge in [0.25, 0.3) is 10.0 Å². The number of benzene rings is 4. The molecule has 0 aliphatic carbocycles. The Morgan fingerprint density at radius 1 is 0.864 bits per heavy atom. The molecule has 0 fully saturated rings. The molecule has 4 rings (SSSR count). The molecule has 0 radical (unpaired) electrons. The van der Waals surface area contributed by atoms with Crippen molar-refractivity contribution >= 4 is 66.7 Å². The molecule has 1 atom stereocenters. The Balaban J connectivity index is 1.82. The normalized spacial score (nSPS) is 11.9. The maximum Gasteiger partial charge on any atom is 0.264 e. The van der Waals surface area contributed by atoms with E-state index in [-0.39, 0.29) is 39.5 Å². The lowest BCUT2D eigenvalue weighted by molar-refractivity contribution is -0.140. The Hall–Kier alpha value is -3.37. The molecule has 2 amide bonds. The fourth-order valence-corrected chi connectivity index (χ4v) is 7.09. The van der Waals surface area contributed by atoms with Gasteiger partial charge >= 0.3 is 0 Å². The van der Waals surface area contributed by atoms with Crippen LogP contribution in [0.2, 0.25) is 10.0 Å². The van der Waals surface area contributed by atoms with Crippen LogP contribution in [-0.2, 0) is 32.6 Å². The number of nitrogens with zero attached hydrogens (tertiary/aromatic N) is 2. The zero-order valence-electron chi connectivity index (χ0n) is 24.2. The van der Waals surface area contributed by atoms with E-state index >= 15 is 0 Å². The number of nitrogens with one attached hydrogen (secondary N) is 1. The van der Waals surface area contributed by atoms with Crippen LogP contribution in [0.25, 0.3) is 0 Å². The summed E-state index contributed by atoms with van der Waals surface area (Å²) >= 11 is 16.1. The Labute approximate surface area is 277 Å². The van der Waals surface area contributed by atoms with Gasteiger partial charge in [-0.05, 0) is 67.4 Å². The summed E-state index contributed by atoms with van der Waals surface area (Å²) in [4.78, 5) is 29.4. The zero-order valence-corrected chi connectivity index (χ0v) is 28.1. The van der Waals surface area contributed by atoms with Gasteiger partial charge in [-0.1, -0.05) is 99.3 Å². The first kappa shape index (κ1) is 33.5. The molecule has 4 aromatic rings. The van der Waals surface area contributed by atoms with E-state index in [1.54, 1.807) is 19.1 Å². The average Bonchev–Trinajstić information content (AvgIpc) is 2.98. The van der Waals surface area contributed by atoms with Crippen LogP contribution in [0.4, 0.5) is 5.69 Å². The molecular weight excluding hydrogens is 685 g/mol. The van der Waals surface area contributed by atoms with Crippen LogP contribution in [0.3, 0.4) is 0 Å². The number of amides is 2. The first-order valence-corrected chi connectivity index (χ1v) is 16.9. The van der Waals surface area contributed by atoms with Crippen LogP contribution in [0.1, 0.15) is 23.6 Å². The summed E-state index contributed by atoms with van der Waals surface area (Å²) in [6.07, 6.45) is 0.222. The number of hydrogen-bond acceptors (Lipinski definition) is 4. The molecule has 0 aliphatic rings. The smallest absolute Gasteiger partial charge is 0.264 e. The highest BCUT2D eigenvalue weighted by molar-refractivity contribution is 9.10. The number of hydrogen-bond donors (Lipinski definition) is 1. The number of sulfonamides is 1. The van der Waals surface area contributed by atoms with Gasteiger partial charge in [-0.25, -0.2) is 8.42 Å². The Morgan fingerprint density at radius 2 is 1.50 bits per heavy atom. The molecule has 230 valence electrons. The fraction of sp³-hybridized carbons (Fsp3) is 0.212. The second-order valence-corrected chi connectivity index (χ2v) is 13.9. The van der Waals surface area contributed by atoms with Crippen molar-refractivity contribution in [3.63, 3.8) is 0 Å². The lowest BCUT2D eigenvalue weighted by Crippen LogP contribution is -2.53. The maximum atomic E-state index is 14.4. The van der Waals surface area contributed by atoms with Crippen LogP contribution in [-0.4, -0.2) is 44.3 Å². The highest BCUT2D eigenvalue weighted by Gasteiger charge is 2.34. The molecule has 7 nitrogen and oxygen atoms in total. The van der Waals surface area contributed by atoms with E-state index in [1.165, 1.54) is 35.2 Å². The summed E-state index contributed by atoms with van der Waals surface area (Å²) in [7, 11) is -4.27. The van der Waals surface area contributed by atoms with Gasteiger partial charge in [0.05, 0.1) is 10.6 Å². The molecule has 0 saturated carbocycles. The van der Waals surface area contributed by atoms with E-state index in [4.69, 9.17) is 23.2 Å². The molecule has 0 spiro atoms. The summed E-state index contributed by atoms with van der Waals surface area (Å²) in [5, 5.41) is 3.27. The van der Waals surface area contributed by atoms with Crippen molar-refractivity contribution in [2.45, 2.75) is 37.8 Å². The number of rotatable bonds is 12. The van der Waals surface area contributed by atoms with E-state index < -0.39 is 28.5 Å². The number of aryl methyl sites for hydroxylation is 1. The number of anilines is 1. The molecule has 44 heavy (non-hydrogen) atoms. The van der Waals surface area contributed by atoms with E-state index in [0.717, 1.165) is 25.5 Å². The molecule has 0 saturated heterocycles. The third kappa shape index (κ3) is 8.63. The van der Waals surface area contributed by atoms with Crippen molar-refractivity contribution in [2.75, 3.05) is 17.4 Å². The standard InChI is InChI=1S/C33H32BrCl2N3O4S/c1-3-37-33(41)31(17-24-8-5-4-6-9-24)38(21-25-10-7-11-26(34)16-25)32(40)22-39(29-19-27(35)18-28(36)20-29)44(42,43)30-14-12-23(2)13-15-30/h4-16,18-20,31H,3,17,21-22H2,1-2H3,(H,37,41)/t31-/m0/s1. The third-order valence-corrected chi connectivity index (χ3v) is 9.60. The van der Waals surface area contributed by atoms with Crippen molar-refractivity contribution < 1.29 is 18.0 Å². The van der Waals surface area contributed by atoms with Gasteiger partial charge in [-0.3, -0.25) is 13.9 Å². The lowest BCUT2D eigenvalue weighted by atomic mass is 10.0. The van der Waals surface area contributed by atoms with Crippen molar-refractivity contribution in [3.05, 3.63) is 128 Å². The van der Waals surface area contributed by atoms with E-state index in [9.17, 15) is 18.0 Å². The van der Waals surface area contributed by atoms with Gasteiger partial charge in [-0.2, -0.15) is 0 Å². The summed E-state index contributed by atoms with van der Waals surface area (Å²) < 4.78 is 30.0. The first-order valence-electron chi connectivity index (χ1n) is 13.9. The van der Waals surface area contributed by atoms with Gasteiger partial charge < -0.3 is 10.2 Å². The second-order valence-electron chi connectivity index (χ2n) is 10.2. The minimum Gasteiger partial charge on any atom is -0.355 e. The summed E-state index contributed by atoms with van der Waals surface area (Å²) in [6, 6.07) is 26.5. The molecule has 11 heteroatoms. The lowest BCUT2D eigenvalue weighted by Gasteiger charge is -2.34. The van der Waals surface area contributed by atoms with Crippen LogP contribution >= 0.6 is 39.1 Å². The largest absolute Gasteiger partial charge is 0.355 e. The number of carbonyl (C=O) groups is 2. The number of likely N-dealkylation sites (N-methyl/N-ethyl adjacent to an activating group) is 1. The minimum absolute atomic E-state index is 0.00454. The minimum atomic E-state index is -4.27. The van der Waals surface area contributed by atoms with Crippen LogP contribution < -0.4 is 9.62 Å². The third-order valence-electron chi connectivity index (χ3n) is 6.89. The average molecular weight is 718 g/mol. The zero-order chi connectivity index (χ0) is 31.9. The highest BCUT2D eigenvalue weighted by Crippen LogP contribution is 2.30. The highest BCUT2D eigenvalue weighted by atomic mass is 79.9. The number of carbonyl (C=O) groups excluding carboxylic acids is 2. The predicted octanol–water partition coefficient (Wildman–Crippen LogP) is 7.04. The van der Waals surface area contributed by atoms with E-state index in [0.29, 0.717) is 6.54 Å². The SMILES string of the molecule is CCNC(=O)[C@H](Cc1ccccc1)N(Cc1cccc(Br)c1)C(=O)CN(c1cc(Cl)cc(Cl)c1)S(=O)(=O)c1ccc(C)cc1. The van der Waals surface area contributed by atoms with Gasteiger partial charge in [0.1, 0.15) is 12.6 Å². The van der Waals surface area contributed by atoms with Gasteiger partial charge in [0, 0.05) is 34.0 Å². The molecule has 0 aromatic heterocycles. The molecule has 1 N–H and O–H groups in total. The quantitative estimate of drug-likeness (QED) is 0.171. The monoisotopic (exact) mass is 715 g/mol. The van der Waals surface area contributed by atoms with Gasteiger partial charge in [-0.15, -0.1) is 0 Å². The van der Waals surface area contributed by atoms with Crippen molar-refractivity contribution in [2.24, 2.45) is 0 Å². The molecule has 0 heterocycles. The summed E-state index contributed by atoms with van der Waals surface area (Å²) in [6.45, 7) is 3.46. The van der Waals surface area contributed by atoms with Crippen LogP contribution in [0, 0.1) is 6.92 Å². The van der Waals surface area contributed by atoms with Crippen LogP contribution in [0.15, 0.2) is 106 Å². The van der Waals surface area contributed by atoms with Crippen molar-refractivity contribution in [1.29, 1.82) is 0 Å². The Bertz CT molecular complexity index is 1700. The molecule has 0 bridgehead atoms. The topological polar surface area (TPSA) is 86.8 Å². The van der Waals surface area contributed by atoms with Crippen molar-refractivity contribution in [1.82, 2.24) is 10.2 Å². The summed E-state index contributed by atoms with van der Waals surface area (Å²) in [5.74, 6) is -0.928. The molecule has 0 unspecified atom stereocenters. The van der Waals surface area contributed by atoms with Crippen molar-refractivity contribution in [3.8, 4) is 0 Å². The van der Waals surface area contributed by atoms with E-state index in [1.807, 2.05) is 61.5 Å². The number of halogens is 3. The summed E-state index contributed by atoms with van der Waals surface area (Å²) in [5.41, 5.74) is 2.61. The molecule has 0 aliphatic heterocycles. The van der Waals surface area contributed by atoms with Gasteiger partial charge in [0.2, 0.25) is 11.8 Å². The second kappa shape index (κ2) is 15.1. The Morgan fingerprint density at radius 3 is 2.11 bits per heavy atom. The molecular formula is C33H32BrCl2N3O4S. The maximum absolute atomic E-state index is 14.4. The predicted molar refractivity (Wildman–Crippen MR) is 179 cm³/mol. The Kier molecular flexibility index (Phi) is 11.5. The fourth-order valence-electron chi connectivity index (χ4n) is 4.73. The van der Waals surface area contributed by atoms with Crippen LogP contribution in [0.5, 0.6) is 0 Å². The first-order chi connectivity index (χ1) is 21.0. The molecule has 4 aromatic carbocycles. The van der Waals surface area contributed by atoms with Gasteiger partial charge in [0.15, 0.2) is 0 Å². The van der Waals surface area contributed by atoms with E-state index in [2.05, 4.69) is 21.2 Å².